The Morgan fingerprint density at radius 3 is 1.20 bits per heavy atom. The van der Waals surface area contributed by atoms with Crippen molar-refractivity contribution >= 4 is 65.4 Å². The number of halogens is 11. The number of amides is 3. The Labute approximate surface area is 665 Å². The number of benzene rings is 3. The van der Waals surface area contributed by atoms with Crippen molar-refractivity contribution in [3.63, 3.8) is 0 Å². The van der Waals surface area contributed by atoms with E-state index < -0.39 is 134 Å². The number of hydrogen-bond donors (Lipinski definition) is 4. The molecule has 3 aliphatic heterocycles. The number of ether oxygens (including phenoxy) is 4. The molecule has 0 radical (unpaired) electrons. The summed E-state index contributed by atoms with van der Waals surface area (Å²) in [5, 5.41) is 43.8. The molecule has 7 aromatic rings. The van der Waals surface area contributed by atoms with E-state index in [2.05, 4.69) is 40.8 Å². The van der Waals surface area contributed by atoms with Gasteiger partial charge in [-0.15, -0.1) is 10.2 Å². The fourth-order valence-corrected chi connectivity index (χ4v) is 11.8. The molecule has 620 valence electrons. The number of carbonyl (C=O) groups excluding carboxylic acids is 5. The molecule has 0 aliphatic carbocycles. The van der Waals surface area contributed by atoms with Crippen LogP contribution < -0.4 is 22.2 Å². The van der Waals surface area contributed by atoms with Crippen LogP contribution in [0.25, 0.3) is 22.5 Å². The molecule has 0 bridgehead atoms. The summed E-state index contributed by atoms with van der Waals surface area (Å²) in [7, 11) is -0.552. The SMILES string of the molecule is CC(C)(C)OC(=O)CCc1ccc(-c2ccc([C@H]3OC(C)(C)N(C(=O)C(F)F)[C@H]3CF)cc2)nn1.CC(C)(C)OC(=O)CCc1ccc(Cl)nn1.CC1(C)O[C@H](c2ccc(B3OC(C)(C)C(C)(C)O3)cc2)[C@H](CF)N1C(=O)C(F)F.NCc1ccc(-c2ccc([C@@H](O)[C@@H](CF)NC(=O)C(F)F)cc2)nn1.NCc1ccc(Cl)nn1. The molecule has 25 nitrogen and oxygen atoms in total. The number of carbonyl (C=O) groups is 5. The first-order valence-corrected chi connectivity index (χ1v) is 36.7. The zero-order valence-electron chi connectivity index (χ0n) is 65.4. The minimum atomic E-state index is -3.28. The van der Waals surface area contributed by atoms with Gasteiger partial charge in [0.15, 0.2) is 10.3 Å². The van der Waals surface area contributed by atoms with Crippen molar-refractivity contribution in [2.45, 2.75) is 225 Å². The lowest BCUT2D eigenvalue weighted by atomic mass is 9.78. The van der Waals surface area contributed by atoms with Crippen molar-refractivity contribution in [1.29, 1.82) is 0 Å². The largest absolute Gasteiger partial charge is 0.494 e. The van der Waals surface area contributed by atoms with E-state index in [4.69, 9.17) is 62.9 Å². The van der Waals surface area contributed by atoms with E-state index >= 15 is 0 Å². The van der Waals surface area contributed by atoms with Crippen LogP contribution in [0, 0.1) is 0 Å². The van der Waals surface area contributed by atoms with E-state index in [-0.39, 0.29) is 30.5 Å². The van der Waals surface area contributed by atoms with Gasteiger partial charge in [0.25, 0.3) is 17.7 Å². The molecule has 6 atom stereocenters. The Morgan fingerprint density at radius 1 is 0.518 bits per heavy atom. The standard InChI is InChI=1S/C25H30F3N3O4.C20H27BF3NO4.C16H17F3N4O2.C11H15ClN2O2.C5H6ClN3/c1-24(2,3)34-20(32)13-11-17-10-12-18(30-29-17)15-6-8-16(9-7-15)21-19(14-26)31(23(33)22(27)28)25(4,5)35-21;1-18(2)19(3,4)29-21(28-18)13-9-7-12(8-10-13)15-14(11-22)25(17(26)16(23)24)20(5,6)27-15;17-7-13(21-16(25)15(18)19)14(24)10-3-1-9(2-4-10)12-6-5-11(8-20)22-23-12;1-11(2,3)16-10(15)7-5-8-4-6-9(12)14-13-8;6-5-2-1-4(3-7)8-9-5/h6-10,12,19,21-22H,11,13-14H2,1-5H3;7-10,14-16H,11H2,1-6H3;1-6,13-15,24H,7-8,20H2,(H,21,25);4,6H,5,7H2,1-3H3;1-2H,3,7H2/t19-,21+;14-,15+;13-,14-;;/m001../s1. The van der Waals surface area contributed by atoms with Gasteiger partial charge in [-0.2, -0.15) is 56.9 Å². The first-order valence-electron chi connectivity index (χ1n) is 35.9. The number of esters is 2. The second kappa shape index (κ2) is 41.1. The molecule has 10 rings (SSSR count). The number of nitrogens with zero attached hydrogens (tertiary/aromatic N) is 10. The van der Waals surface area contributed by atoms with Gasteiger partial charge in [-0.25, -0.2) is 13.2 Å². The molecule has 3 amide bonds. The fraction of sp³-hybridized carbons (Fsp3) is 0.494. The lowest BCUT2D eigenvalue weighted by Gasteiger charge is -2.32. The molecule has 37 heteroatoms. The highest BCUT2D eigenvalue weighted by Gasteiger charge is 2.55. The lowest BCUT2D eigenvalue weighted by molar-refractivity contribution is -0.160. The van der Waals surface area contributed by atoms with Crippen molar-refractivity contribution in [3.05, 3.63) is 171 Å². The maximum atomic E-state index is 13.9. The number of alkyl halides is 9. The van der Waals surface area contributed by atoms with Crippen LogP contribution in [0.4, 0.5) is 39.5 Å². The number of aryl methyl sites for hydroxylation is 2. The second-order valence-corrected chi connectivity index (χ2v) is 30.8. The van der Waals surface area contributed by atoms with Crippen LogP contribution in [0.2, 0.25) is 10.3 Å². The van der Waals surface area contributed by atoms with Crippen LogP contribution in [0.3, 0.4) is 0 Å². The van der Waals surface area contributed by atoms with Gasteiger partial charge in [0.1, 0.15) is 61.0 Å². The number of nitrogens with one attached hydrogen (secondary N) is 1. The fourth-order valence-electron chi connectivity index (χ4n) is 11.6. The summed E-state index contributed by atoms with van der Waals surface area (Å²) >= 11 is 11.1. The van der Waals surface area contributed by atoms with Crippen LogP contribution in [0.5, 0.6) is 0 Å². The molecular formula is C77H95BCl2F9N13O12. The Morgan fingerprint density at radius 2 is 0.877 bits per heavy atom. The van der Waals surface area contributed by atoms with Gasteiger partial charge >= 0.3 is 38.3 Å². The molecule has 3 aromatic carbocycles. The van der Waals surface area contributed by atoms with E-state index in [0.29, 0.717) is 75.6 Å². The number of nitrogens with two attached hydrogens (primary N) is 2. The first-order chi connectivity index (χ1) is 53.3. The zero-order chi connectivity index (χ0) is 85.0. The van der Waals surface area contributed by atoms with Gasteiger partial charge < -0.3 is 59.9 Å². The summed E-state index contributed by atoms with van der Waals surface area (Å²) in [5.41, 5.74) is 13.6. The molecule has 7 heterocycles. The van der Waals surface area contributed by atoms with Crippen molar-refractivity contribution in [2.24, 2.45) is 11.5 Å². The molecule has 3 saturated heterocycles. The van der Waals surface area contributed by atoms with Crippen LogP contribution in [-0.2, 0) is 78.2 Å². The molecular weight excluding hydrogens is 1550 g/mol. The van der Waals surface area contributed by atoms with E-state index in [0.717, 1.165) is 32.2 Å². The molecule has 0 unspecified atom stereocenters. The zero-order valence-corrected chi connectivity index (χ0v) is 66.9. The molecule has 3 fully saturated rings. The van der Waals surface area contributed by atoms with Crippen molar-refractivity contribution in [1.82, 2.24) is 55.9 Å². The minimum absolute atomic E-state index is 0.193. The van der Waals surface area contributed by atoms with Gasteiger partial charge in [-0.1, -0.05) is 96.0 Å². The van der Waals surface area contributed by atoms with E-state index in [1.54, 1.807) is 135 Å². The molecule has 6 N–H and O–H groups in total. The molecule has 114 heavy (non-hydrogen) atoms. The highest BCUT2D eigenvalue weighted by Crippen LogP contribution is 2.44. The van der Waals surface area contributed by atoms with E-state index in [1.165, 1.54) is 39.8 Å². The van der Waals surface area contributed by atoms with E-state index in [1.807, 2.05) is 48.5 Å². The number of aliphatic hydroxyl groups excluding tert-OH is 1. The summed E-state index contributed by atoms with van der Waals surface area (Å²) in [6.45, 7) is 22.1. The first kappa shape index (κ1) is 93.9. The average Bonchev–Trinajstić information content (AvgIpc) is 1.62. The van der Waals surface area contributed by atoms with Crippen LogP contribution in [0.15, 0.2) is 121 Å². The molecule has 0 spiro atoms. The predicted octanol–water partition coefficient (Wildman–Crippen LogP) is 12.2. The highest BCUT2D eigenvalue weighted by molar-refractivity contribution is 6.62. The van der Waals surface area contributed by atoms with Crippen molar-refractivity contribution in [2.75, 3.05) is 20.0 Å². The second-order valence-electron chi connectivity index (χ2n) is 30.0. The summed E-state index contributed by atoms with van der Waals surface area (Å²) < 4.78 is 151. The number of rotatable bonds is 22. The number of hydrogen-bond acceptors (Lipinski definition) is 22. The Balaban J connectivity index is 0.000000234. The van der Waals surface area contributed by atoms with Crippen LogP contribution >= 0.6 is 23.2 Å². The molecule has 3 aliphatic rings. The normalized spacial score (nSPS) is 18.4. The average molecular weight is 1650 g/mol. The maximum Gasteiger partial charge on any atom is 0.494 e. The van der Waals surface area contributed by atoms with Gasteiger partial charge in [-0.3, -0.25) is 24.0 Å². The Bertz CT molecular complexity index is 4230. The van der Waals surface area contributed by atoms with Crippen LogP contribution in [-0.4, -0.2) is 184 Å². The van der Waals surface area contributed by atoms with Crippen LogP contribution in [0.1, 0.15) is 168 Å². The summed E-state index contributed by atoms with van der Waals surface area (Å²) in [6, 6.07) is 30.1. The Hall–Kier alpha value is -8.94. The van der Waals surface area contributed by atoms with Gasteiger partial charge in [0.2, 0.25) is 0 Å². The molecule has 4 aromatic heterocycles. The lowest BCUT2D eigenvalue weighted by Crippen LogP contribution is -2.51. The topological polar surface area (TPSA) is 335 Å². The van der Waals surface area contributed by atoms with Gasteiger partial charge in [0.05, 0.1) is 76.3 Å². The third-order valence-electron chi connectivity index (χ3n) is 17.7. The van der Waals surface area contributed by atoms with Crippen molar-refractivity contribution < 1.29 is 96.8 Å². The monoisotopic (exact) mass is 1650 g/mol. The third-order valence-corrected chi connectivity index (χ3v) is 18.1. The summed E-state index contributed by atoms with van der Waals surface area (Å²) in [4.78, 5) is 59.8. The predicted molar refractivity (Wildman–Crippen MR) is 405 cm³/mol. The highest BCUT2D eigenvalue weighted by atomic mass is 35.5. The van der Waals surface area contributed by atoms with Gasteiger partial charge in [-0.05, 0) is 168 Å². The Kier molecular flexibility index (Phi) is 33.8. The quantitative estimate of drug-likeness (QED) is 0.0278. The minimum Gasteiger partial charge on any atom is -0.460 e. The van der Waals surface area contributed by atoms with Gasteiger partial charge in [0, 0.05) is 37.1 Å². The number of aliphatic hydroxyl groups is 1. The maximum absolute atomic E-state index is 13.9. The summed E-state index contributed by atoms with van der Waals surface area (Å²) in [5.74, 6) is -5.07. The summed E-state index contributed by atoms with van der Waals surface area (Å²) in [6.07, 6.45) is -11.6. The smallest absolute Gasteiger partial charge is 0.460 e. The molecule has 0 saturated carbocycles. The van der Waals surface area contributed by atoms with E-state index in [9.17, 15) is 68.6 Å². The van der Waals surface area contributed by atoms with Crippen molar-refractivity contribution in [3.8, 4) is 22.5 Å². The third kappa shape index (κ3) is 26.8. The number of aromatic nitrogens is 8.